The van der Waals surface area contributed by atoms with Crippen LogP contribution in [0.4, 0.5) is 4.39 Å². The molecule has 106 valence electrons. The summed E-state index contributed by atoms with van der Waals surface area (Å²) in [6.45, 7) is 4.02. The van der Waals surface area contributed by atoms with Crippen molar-refractivity contribution in [3.63, 3.8) is 0 Å². The SMILES string of the molecule is CC(C)c1cc(Br)c(F)c(-c2cc(C(=O)O)nn2C)c1. The third-order valence-electron chi connectivity index (χ3n) is 3.09. The van der Waals surface area contributed by atoms with Crippen molar-refractivity contribution >= 4 is 21.9 Å². The van der Waals surface area contributed by atoms with Crippen LogP contribution < -0.4 is 0 Å². The van der Waals surface area contributed by atoms with Crippen LogP contribution in [0, 0.1) is 5.82 Å². The lowest BCUT2D eigenvalue weighted by molar-refractivity contribution is 0.0689. The minimum absolute atomic E-state index is 0.104. The first-order valence-electron chi connectivity index (χ1n) is 6.08. The first kappa shape index (κ1) is 14.7. The molecular weight excluding hydrogens is 327 g/mol. The molecule has 0 spiro atoms. The number of rotatable bonds is 3. The van der Waals surface area contributed by atoms with Gasteiger partial charge in [0.25, 0.3) is 0 Å². The molecule has 0 unspecified atom stereocenters. The Balaban J connectivity index is 2.65. The molecule has 2 rings (SSSR count). The molecule has 1 heterocycles. The van der Waals surface area contributed by atoms with E-state index in [1.807, 2.05) is 13.8 Å². The molecule has 0 aliphatic carbocycles. The van der Waals surface area contributed by atoms with Crippen LogP contribution in [0.25, 0.3) is 11.3 Å². The highest BCUT2D eigenvalue weighted by molar-refractivity contribution is 9.10. The Morgan fingerprint density at radius 2 is 2.05 bits per heavy atom. The standard InChI is InChI=1S/C14H14BrFN2O2/c1-7(2)8-4-9(13(16)10(15)5-8)12-6-11(14(19)20)17-18(12)3/h4-7H,1-3H3,(H,19,20). The van der Waals surface area contributed by atoms with E-state index >= 15 is 0 Å². The van der Waals surface area contributed by atoms with Crippen LogP contribution in [0.15, 0.2) is 22.7 Å². The van der Waals surface area contributed by atoms with Crippen molar-refractivity contribution in [3.05, 3.63) is 39.7 Å². The number of nitrogens with zero attached hydrogens (tertiary/aromatic N) is 2. The summed E-state index contributed by atoms with van der Waals surface area (Å²) in [5.74, 6) is -1.32. The number of carboxylic acid groups (broad SMARTS) is 1. The highest BCUT2D eigenvalue weighted by atomic mass is 79.9. The summed E-state index contributed by atoms with van der Waals surface area (Å²) in [7, 11) is 1.59. The Bertz CT molecular complexity index is 680. The molecule has 0 aliphatic rings. The Morgan fingerprint density at radius 1 is 1.40 bits per heavy atom. The Labute approximate surface area is 124 Å². The fourth-order valence-corrected chi connectivity index (χ4v) is 2.43. The van der Waals surface area contributed by atoms with Crippen LogP contribution in [0.2, 0.25) is 0 Å². The largest absolute Gasteiger partial charge is 0.476 e. The topological polar surface area (TPSA) is 55.1 Å². The smallest absolute Gasteiger partial charge is 0.356 e. The average molecular weight is 341 g/mol. The Hall–Kier alpha value is -1.69. The van der Waals surface area contributed by atoms with Crippen molar-refractivity contribution in [1.29, 1.82) is 0 Å². The number of hydrogen-bond acceptors (Lipinski definition) is 2. The Kier molecular flexibility index (Phi) is 3.94. The van der Waals surface area contributed by atoms with Crippen LogP contribution in [0.5, 0.6) is 0 Å². The molecule has 4 nitrogen and oxygen atoms in total. The van der Waals surface area contributed by atoms with Gasteiger partial charge in [0.15, 0.2) is 5.69 Å². The molecule has 0 saturated heterocycles. The predicted molar refractivity (Wildman–Crippen MR) is 77.4 cm³/mol. The number of carbonyl (C=O) groups is 1. The molecule has 0 radical (unpaired) electrons. The van der Waals surface area contributed by atoms with Crippen LogP contribution in [0.1, 0.15) is 35.8 Å². The average Bonchev–Trinajstić information content (AvgIpc) is 2.74. The van der Waals surface area contributed by atoms with Crippen LogP contribution in [0.3, 0.4) is 0 Å². The van der Waals surface area contributed by atoms with E-state index in [1.54, 1.807) is 19.2 Å². The van der Waals surface area contributed by atoms with Crippen molar-refractivity contribution in [1.82, 2.24) is 9.78 Å². The summed E-state index contributed by atoms with van der Waals surface area (Å²) in [4.78, 5) is 10.9. The number of aromatic nitrogens is 2. The van der Waals surface area contributed by atoms with E-state index in [-0.39, 0.29) is 11.6 Å². The van der Waals surface area contributed by atoms with Gasteiger partial charge in [-0.3, -0.25) is 4.68 Å². The molecule has 2 aromatic rings. The monoisotopic (exact) mass is 340 g/mol. The Morgan fingerprint density at radius 3 is 2.55 bits per heavy atom. The quantitative estimate of drug-likeness (QED) is 0.924. The number of benzene rings is 1. The minimum Gasteiger partial charge on any atom is -0.476 e. The fraction of sp³-hybridized carbons (Fsp3) is 0.286. The lowest BCUT2D eigenvalue weighted by Crippen LogP contribution is -2.00. The van der Waals surface area contributed by atoms with E-state index in [2.05, 4.69) is 21.0 Å². The van der Waals surface area contributed by atoms with Gasteiger partial charge >= 0.3 is 5.97 Å². The van der Waals surface area contributed by atoms with Crippen LogP contribution >= 0.6 is 15.9 Å². The van der Waals surface area contributed by atoms with Gasteiger partial charge in [-0.05, 0) is 45.6 Å². The normalized spacial score (nSPS) is 11.1. The number of carboxylic acids is 1. The molecule has 0 atom stereocenters. The third-order valence-corrected chi connectivity index (χ3v) is 3.67. The first-order chi connectivity index (χ1) is 9.31. The molecule has 0 bridgehead atoms. The van der Waals surface area contributed by atoms with Gasteiger partial charge in [-0.2, -0.15) is 5.10 Å². The highest BCUT2D eigenvalue weighted by Crippen LogP contribution is 2.32. The molecule has 0 aliphatic heterocycles. The fourth-order valence-electron chi connectivity index (χ4n) is 1.95. The number of halogens is 2. The second kappa shape index (κ2) is 5.36. The summed E-state index contributed by atoms with van der Waals surface area (Å²) >= 11 is 3.20. The van der Waals surface area contributed by atoms with E-state index in [0.717, 1.165) is 5.56 Å². The zero-order chi connectivity index (χ0) is 15.0. The third kappa shape index (κ3) is 2.60. The maximum absolute atomic E-state index is 14.3. The van der Waals surface area contributed by atoms with Crippen LogP contribution in [-0.2, 0) is 7.05 Å². The van der Waals surface area contributed by atoms with Crippen molar-refractivity contribution in [2.24, 2.45) is 7.05 Å². The lowest BCUT2D eigenvalue weighted by Gasteiger charge is -2.11. The van der Waals surface area contributed by atoms with E-state index < -0.39 is 11.8 Å². The molecule has 0 saturated carbocycles. The van der Waals surface area contributed by atoms with Gasteiger partial charge in [0.05, 0.1) is 10.2 Å². The maximum Gasteiger partial charge on any atom is 0.356 e. The molecule has 6 heteroatoms. The van der Waals surface area contributed by atoms with Crippen molar-refractivity contribution < 1.29 is 14.3 Å². The van der Waals surface area contributed by atoms with Crippen LogP contribution in [-0.4, -0.2) is 20.9 Å². The molecule has 1 N–H and O–H groups in total. The highest BCUT2D eigenvalue weighted by Gasteiger charge is 2.18. The van der Waals surface area contributed by atoms with Gasteiger partial charge in [-0.25, -0.2) is 9.18 Å². The summed E-state index contributed by atoms with van der Waals surface area (Å²) in [6, 6.07) is 4.84. The van der Waals surface area contributed by atoms with Gasteiger partial charge in [0.1, 0.15) is 5.82 Å². The van der Waals surface area contributed by atoms with Gasteiger partial charge in [0.2, 0.25) is 0 Å². The van der Waals surface area contributed by atoms with Crippen molar-refractivity contribution in [2.45, 2.75) is 19.8 Å². The summed E-state index contributed by atoms with van der Waals surface area (Å²) in [6.07, 6.45) is 0. The predicted octanol–water partition coefficient (Wildman–Crippen LogP) is 3.81. The van der Waals surface area contributed by atoms with Crippen molar-refractivity contribution in [2.75, 3.05) is 0 Å². The van der Waals surface area contributed by atoms with Gasteiger partial charge in [-0.1, -0.05) is 13.8 Å². The molecule has 0 fully saturated rings. The molecule has 0 amide bonds. The lowest BCUT2D eigenvalue weighted by atomic mass is 9.99. The summed E-state index contributed by atoms with van der Waals surface area (Å²) < 4.78 is 16.0. The van der Waals surface area contributed by atoms with Gasteiger partial charge in [-0.15, -0.1) is 0 Å². The second-order valence-corrected chi connectivity index (χ2v) is 5.72. The second-order valence-electron chi connectivity index (χ2n) is 4.86. The molecule has 1 aromatic heterocycles. The van der Waals surface area contributed by atoms with Gasteiger partial charge in [0, 0.05) is 12.6 Å². The molecular formula is C14H14BrFN2O2. The zero-order valence-corrected chi connectivity index (χ0v) is 12.9. The number of hydrogen-bond donors (Lipinski definition) is 1. The van der Waals surface area contributed by atoms with Gasteiger partial charge < -0.3 is 5.11 Å². The van der Waals surface area contributed by atoms with E-state index in [1.165, 1.54) is 10.7 Å². The maximum atomic E-state index is 14.3. The van der Waals surface area contributed by atoms with E-state index in [9.17, 15) is 9.18 Å². The summed E-state index contributed by atoms with van der Waals surface area (Å²) in [5.41, 5.74) is 1.63. The minimum atomic E-state index is -1.13. The van der Waals surface area contributed by atoms with Crippen molar-refractivity contribution in [3.8, 4) is 11.3 Å². The molecule has 20 heavy (non-hydrogen) atoms. The van der Waals surface area contributed by atoms with E-state index in [4.69, 9.17) is 5.11 Å². The summed E-state index contributed by atoms with van der Waals surface area (Å²) in [5, 5.41) is 12.8. The zero-order valence-electron chi connectivity index (χ0n) is 11.3. The first-order valence-corrected chi connectivity index (χ1v) is 6.87. The number of aromatic carboxylic acids is 1. The van der Waals surface area contributed by atoms with E-state index in [0.29, 0.717) is 15.7 Å². The molecule has 1 aromatic carbocycles. The number of aryl methyl sites for hydroxylation is 1.